The van der Waals surface area contributed by atoms with E-state index in [0.717, 1.165) is 22.2 Å². The Balaban J connectivity index is 1.63. The van der Waals surface area contributed by atoms with Crippen LogP contribution in [0.2, 0.25) is 5.02 Å². The van der Waals surface area contributed by atoms with E-state index >= 15 is 0 Å². The van der Waals surface area contributed by atoms with E-state index in [-0.39, 0.29) is 11.9 Å². The molecule has 0 aliphatic carbocycles. The van der Waals surface area contributed by atoms with Crippen LogP contribution < -0.4 is 5.73 Å². The van der Waals surface area contributed by atoms with Crippen LogP contribution in [0.15, 0.2) is 48.5 Å². The lowest BCUT2D eigenvalue weighted by Crippen LogP contribution is -2.55. The molecule has 31 heavy (non-hydrogen) atoms. The number of benzene rings is 2. The van der Waals surface area contributed by atoms with Gasteiger partial charge in [0.1, 0.15) is 0 Å². The summed E-state index contributed by atoms with van der Waals surface area (Å²) in [5, 5.41) is 10.6. The van der Waals surface area contributed by atoms with Gasteiger partial charge in [-0.25, -0.2) is 9.78 Å². The minimum Gasteiger partial charge on any atom is -0.465 e. The van der Waals surface area contributed by atoms with Crippen LogP contribution in [0.5, 0.6) is 0 Å². The predicted octanol–water partition coefficient (Wildman–Crippen LogP) is 3.84. The fourth-order valence-electron chi connectivity index (χ4n) is 3.89. The van der Waals surface area contributed by atoms with Crippen LogP contribution in [0.4, 0.5) is 4.79 Å². The van der Waals surface area contributed by atoms with Crippen LogP contribution in [-0.2, 0) is 6.54 Å². The zero-order valence-electron chi connectivity index (χ0n) is 17.1. The number of halogens is 1. The fraction of sp³-hybridized carbons (Fsp3) is 0.261. The summed E-state index contributed by atoms with van der Waals surface area (Å²) in [6, 6.07) is 14.6. The zero-order valence-corrected chi connectivity index (χ0v) is 17.8. The topological polar surface area (TPSA) is 99.8 Å². The van der Waals surface area contributed by atoms with Gasteiger partial charge < -0.3 is 20.6 Å². The number of nitrogens with two attached hydrogens (primary N) is 1. The van der Waals surface area contributed by atoms with Gasteiger partial charge in [-0.2, -0.15) is 0 Å². The van der Waals surface area contributed by atoms with E-state index in [2.05, 4.69) is 0 Å². The number of carboxylic acid groups (broad SMARTS) is 1. The van der Waals surface area contributed by atoms with Crippen LogP contribution in [0.25, 0.3) is 22.2 Å². The number of hydrogen-bond donors (Lipinski definition) is 2. The third-order valence-corrected chi connectivity index (χ3v) is 5.96. The van der Waals surface area contributed by atoms with Crippen LogP contribution in [0.3, 0.4) is 0 Å². The van der Waals surface area contributed by atoms with Gasteiger partial charge >= 0.3 is 6.09 Å². The first-order chi connectivity index (χ1) is 14.9. The number of pyridine rings is 1. The van der Waals surface area contributed by atoms with Crippen molar-refractivity contribution in [1.82, 2.24) is 14.8 Å². The summed E-state index contributed by atoms with van der Waals surface area (Å²) in [5.41, 5.74) is 9.46. The Morgan fingerprint density at radius 3 is 2.55 bits per heavy atom. The number of fused-ring (bicyclic) bond motifs is 1. The molecule has 1 aromatic heterocycles. The van der Waals surface area contributed by atoms with Gasteiger partial charge in [0.25, 0.3) is 5.91 Å². The molecule has 7 nitrogen and oxygen atoms in total. The summed E-state index contributed by atoms with van der Waals surface area (Å²) in [4.78, 5) is 32.1. The van der Waals surface area contributed by atoms with Crippen LogP contribution in [-0.4, -0.2) is 57.6 Å². The quantitative estimate of drug-likeness (QED) is 0.647. The largest absolute Gasteiger partial charge is 0.465 e. The average molecular weight is 439 g/mol. The predicted molar refractivity (Wildman–Crippen MR) is 120 cm³/mol. The molecular weight excluding hydrogens is 416 g/mol. The summed E-state index contributed by atoms with van der Waals surface area (Å²) in [7, 11) is 0. The number of carbonyl (C=O) groups is 2. The minimum absolute atomic E-state index is 0.144. The van der Waals surface area contributed by atoms with E-state index in [1.165, 1.54) is 4.90 Å². The molecule has 1 aliphatic heterocycles. The molecule has 1 atom stereocenters. The van der Waals surface area contributed by atoms with Crippen molar-refractivity contribution in [2.24, 2.45) is 5.73 Å². The van der Waals surface area contributed by atoms with E-state index in [9.17, 15) is 14.7 Å². The molecule has 0 saturated carbocycles. The minimum atomic E-state index is -0.962. The Hall–Kier alpha value is -3.16. The van der Waals surface area contributed by atoms with E-state index in [4.69, 9.17) is 22.3 Å². The number of rotatable bonds is 3. The molecule has 0 spiro atoms. The molecule has 1 saturated heterocycles. The number of carbonyl (C=O) groups excluding carboxylic acids is 1. The Kier molecular flexibility index (Phi) is 5.80. The monoisotopic (exact) mass is 438 g/mol. The molecule has 160 valence electrons. The van der Waals surface area contributed by atoms with Crippen LogP contribution in [0, 0.1) is 0 Å². The number of piperazine rings is 1. The number of aromatic nitrogens is 1. The van der Waals surface area contributed by atoms with Gasteiger partial charge in [0.05, 0.1) is 16.2 Å². The number of hydrogen-bond acceptors (Lipinski definition) is 4. The SMILES string of the molecule is CC1CN(C(=O)c2ccc3c(Cl)cc(-c4ccc(CN)cc4)nc3c2)CCN1C(=O)O. The lowest BCUT2D eigenvalue weighted by atomic mass is 10.1. The average Bonchev–Trinajstić information content (AvgIpc) is 2.77. The van der Waals surface area contributed by atoms with E-state index in [0.29, 0.717) is 42.3 Å². The van der Waals surface area contributed by atoms with Gasteiger partial charge in [0.15, 0.2) is 0 Å². The first-order valence-corrected chi connectivity index (χ1v) is 10.4. The van der Waals surface area contributed by atoms with Crippen molar-refractivity contribution in [3.8, 4) is 11.3 Å². The normalized spacial score (nSPS) is 16.5. The Labute approximate surface area is 185 Å². The Morgan fingerprint density at radius 1 is 1.16 bits per heavy atom. The highest BCUT2D eigenvalue weighted by molar-refractivity contribution is 6.35. The van der Waals surface area contributed by atoms with Gasteiger partial charge in [-0.3, -0.25) is 4.79 Å². The molecule has 1 unspecified atom stereocenters. The summed E-state index contributed by atoms with van der Waals surface area (Å²) in [5.74, 6) is -0.144. The summed E-state index contributed by atoms with van der Waals surface area (Å²) < 4.78 is 0. The van der Waals surface area contributed by atoms with E-state index in [1.54, 1.807) is 30.0 Å². The molecule has 3 N–H and O–H groups in total. The molecule has 8 heteroatoms. The second kappa shape index (κ2) is 8.53. The van der Waals surface area contributed by atoms with Crippen molar-refractivity contribution in [3.63, 3.8) is 0 Å². The smallest absolute Gasteiger partial charge is 0.407 e. The molecule has 1 aliphatic rings. The highest BCUT2D eigenvalue weighted by atomic mass is 35.5. The van der Waals surface area contributed by atoms with Gasteiger partial charge in [0, 0.05) is 48.7 Å². The van der Waals surface area contributed by atoms with Crippen molar-refractivity contribution in [2.45, 2.75) is 19.5 Å². The Bertz CT molecular complexity index is 1150. The molecular formula is C23H23ClN4O3. The maximum absolute atomic E-state index is 13.1. The molecule has 1 fully saturated rings. The van der Waals surface area contributed by atoms with Crippen molar-refractivity contribution in [1.29, 1.82) is 0 Å². The third kappa shape index (κ3) is 4.19. The maximum atomic E-state index is 13.1. The van der Waals surface area contributed by atoms with Gasteiger partial charge in [-0.15, -0.1) is 0 Å². The van der Waals surface area contributed by atoms with E-state index < -0.39 is 6.09 Å². The lowest BCUT2D eigenvalue weighted by Gasteiger charge is -2.38. The first-order valence-electron chi connectivity index (χ1n) is 10.1. The Morgan fingerprint density at radius 2 is 1.90 bits per heavy atom. The van der Waals surface area contributed by atoms with Gasteiger partial charge in [-0.1, -0.05) is 41.9 Å². The molecule has 0 bridgehead atoms. The van der Waals surface area contributed by atoms with Crippen molar-refractivity contribution < 1.29 is 14.7 Å². The first kappa shape index (κ1) is 21.1. The fourth-order valence-corrected chi connectivity index (χ4v) is 4.15. The molecule has 3 aromatic rings. The number of nitrogens with zero attached hydrogens (tertiary/aromatic N) is 3. The van der Waals surface area contributed by atoms with Crippen molar-refractivity contribution in [3.05, 3.63) is 64.7 Å². The highest BCUT2D eigenvalue weighted by Crippen LogP contribution is 2.29. The molecule has 2 heterocycles. The summed E-state index contributed by atoms with van der Waals surface area (Å²) in [6.07, 6.45) is -0.962. The third-order valence-electron chi connectivity index (χ3n) is 5.65. The standard InChI is InChI=1S/C23H23ClN4O3/c1-14-13-27(8-9-28(14)23(30)31)22(29)17-6-7-18-19(24)11-20(26-21(18)10-17)16-4-2-15(12-25)3-5-16/h2-7,10-11,14H,8-9,12-13,25H2,1H3,(H,30,31). The van der Waals surface area contributed by atoms with E-state index in [1.807, 2.05) is 30.3 Å². The maximum Gasteiger partial charge on any atom is 0.407 e. The molecule has 2 amide bonds. The lowest BCUT2D eigenvalue weighted by molar-refractivity contribution is 0.0507. The van der Waals surface area contributed by atoms with Crippen molar-refractivity contribution >= 4 is 34.5 Å². The highest BCUT2D eigenvalue weighted by Gasteiger charge is 2.30. The van der Waals surface area contributed by atoms with Gasteiger partial charge in [-0.05, 0) is 30.7 Å². The summed E-state index contributed by atoms with van der Waals surface area (Å²) in [6.45, 7) is 3.28. The second-order valence-electron chi connectivity index (χ2n) is 7.70. The zero-order chi connectivity index (χ0) is 22.1. The van der Waals surface area contributed by atoms with Gasteiger partial charge in [0.2, 0.25) is 0 Å². The summed E-state index contributed by atoms with van der Waals surface area (Å²) >= 11 is 6.50. The molecule has 0 radical (unpaired) electrons. The number of amides is 2. The molecule has 4 rings (SSSR count). The molecule has 2 aromatic carbocycles. The van der Waals surface area contributed by atoms with Crippen LogP contribution >= 0.6 is 11.6 Å². The second-order valence-corrected chi connectivity index (χ2v) is 8.11. The van der Waals surface area contributed by atoms with Crippen LogP contribution in [0.1, 0.15) is 22.8 Å². The van der Waals surface area contributed by atoms with Crippen molar-refractivity contribution in [2.75, 3.05) is 19.6 Å².